The second-order valence-electron chi connectivity index (χ2n) is 6.07. The van der Waals surface area contributed by atoms with Crippen molar-refractivity contribution in [1.29, 1.82) is 0 Å². The lowest BCUT2D eigenvalue weighted by molar-refractivity contribution is -0.107. The minimum absolute atomic E-state index is 0.158. The zero-order valence-corrected chi connectivity index (χ0v) is 13.9. The second-order valence-corrected chi connectivity index (χ2v) is 11.2. The van der Waals surface area contributed by atoms with Crippen LogP contribution in [-0.4, -0.2) is 13.6 Å². The van der Waals surface area contributed by atoms with E-state index in [-0.39, 0.29) is 5.04 Å². The first-order valence-electron chi connectivity index (χ1n) is 6.28. The quantitative estimate of drug-likeness (QED) is 0.451. The van der Waals surface area contributed by atoms with Crippen LogP contribution in [0.25, 0.3) is 6.08 Å². The Morgan fingerprint density at radius 1 is 1.32 bits per heavy atom. The molecule has 0 saturated heterocycles. The first-order chi connectivity index (χ1) is 8.62. The Labute approximate surface area is 121 Å². The first kappa shape index (κ1) is 16.0. The van der Waals surface area contributed by atoms with Gasteiger partial charge in [-0.1, -0.05) is 39.0 Å². The Kier molecular flexibility index (Phi) is 4.99. The van der Waals surface area contributed by atoms with Crippen molar-refractivity contribution in [2.24, 2.45) is 0 Å². The van der Waals surface area contributed by atoms with E-state index in [0.717, 1.165) is 11.3 Å². The van der Waals surface area contributed by atoms with Crippen molar-refractivity contribution in [3.05, 3.63) is 35.9 Å². The zero-order chi connectivity index (χ0) is 14.7. The summed E-state index contributed by atoms with van der Waals surface area (Å²) in [6.07, 6.45) is 3.03. The molecule has 0 aliphatic carbocycles. The van der Waals surface area contributed by atoms with E-state index in [0.29, 0.717) is 0 Å². The van der Waals surface area contributed by atoms with Crippen LogP contribution >= 0.6 is 11.6 Å². The maximum absolute atomic E-state index is 10.7. The molecule has 0 fully saturated rings. The summed E-state index contributed by atoms with van der Waals surface area (Å²) in [6, 6.07) is 7.70. The molecular formula is C15H21ClO2Si. The fraction of sp³-hybridized carbons (Fsp3) is 0.400. The summed E-state index contributed by atoms with van der Waals surface area (Å²) in [7, 11) is -1.83. The highest BCUT2D eigenvalue weighted by molar-refractivity contribution is 6.74. The summed E-state index contributed by atoms with van der Waals surface area (Å²) in [5, 5.41) is -0.319. The van der Waals surface area contributed by atoms with Crippen LogP contribution in [0.3, 0.4) is 0 Å². The highest BCUT2D eigenvalue weighted by Crippen LogP contribution is 2.37. The Balaban J connectivity index is 2.92. The lowest BCUT2D eigenvalue weighted by Gasteiger charge is -2.36. The highest BCUT2D eigenvalue weighted by atomic mass is 35.5. The third kappa shape index (κ3) is 4.84. The van der Waals surface area contributed by atoms with Gasteiger partial charge in [0.25, 0.3) is 0 Å². The molecule has 0 atom stereocenters. The maximum atomic E-state index is 10.7. The summed E-state index contributed by atoms with van der Waals surface area (Å²) >= 11 is 5.28. The zero-order valence-electron chi connectivity index (χ0n) is 12.2. The standard InChI is InChI=1S/C15H21ClO2Si/c1-15(2,3)19(4,5)18-13-8-6-7-12(11-13)9-10-14(16)17/h6-11H,1-5H3/b10-9+. The molecule has 1 rings (SSSR count). The van der Waals surface area contributed by atoms with Gasteiger partial charge in [0.2, 0.25) is 13.6 Å². The smallest absolute Gasteiger partial charge is 0.250 e. The van der Waals surface area contributed by atoms with Crippen molar-refractivity contribution in [2.45, 2.75) is 38.9 Å². The number of allylic oxidation sites excluding steroid dienone is 1. The van der Waals surface area contributed by atoms with Crippen molar-refractivity contribution in [1.82, 2.24) is 0 Å². The molecule has 0 amide bonds. The number of rotatable bonds is 4. The van der Waals surface area contributed by atoms with E-state index in [9.17, 15) is 4.79 Å². The van der Waals surface area contributed by atoms with Crippen LogP contribution in [0.15, 0.2) is 30.3 Å². The van der Waals surface area contributed by atoms with Gasteiger partial charge in [-0.3, -0.25) is 4.79 Å². The van der Waals surface area contributed by atoms with Crippen LogP contribution in [0.4, 0.5) is 0 Å². The van der Waals surface area contributed by atoms with E-state index in [4.69, 9.17) is 16.0 Å². The summed E-state index contributed by atoms with van der Waals surface area (Å²) in [6.45, 7) is 11.0. The van der Waals surface area contributed by atoms with E-state index < -0.39 is 13.6 Å². The van der Waals surface area contributed by atoms with Crippen LogP contribution in [0, 0.1) is 0 Å². The number of benzene rings is 1. The molecule has 0 aliphatic heterocycles. The predicted octanol–water partition coefficient (Wildman–Crippen LogP) is 4.85. The number of hydrogen-bond acceptors (Lipinski definition) is 2. The third-order valence-electron chi connectivity index (χ3n) is 3.44. The molecule has 2 nitrogen and oxygen atoms in total. The number of halogens is 1. The van der Waals surface area contributed by atoms with E-state index >= 15 is 0 Å². The van der Waals surface area contributed by atoms with Crippen LogP contribution in [0.5, 0.6) is 5.75 Å². The molecule has 0 N–H and O–H groups in total. The molecule has 0 bridgehead atoms. The van der Waals surface area contributed by atoms with E-state index in [1.165, 1.54) is 6.08 Å². The fourth-order valence-corrected chi connectivity index (χ4v) is 2.38. The third-order valence-corrected chi connectivity index (χ3v) is 7.93. The summed E-state index contributed by atoms with van der Waals surface area (Å²) in [5.41, 5.74) is 0.908. The average molecular weight is 297 g/mol. The second kappa shape index (κ2) is 5.93. The normalized spacial score (nSPS) is 12.7. The van der Waals surface area contributed by atoms with Gasteiger partial charge in [0.05, 0.1) is 0 Å². The SMILES string of the molecule is CC(C)(C)[Si](C)(C)Oc1cccc(/C=C/C(=O)Cl)c1. The van der Waals surface area contributed by atoms with Crippen molar-refractivity contribution in [2.75, 3.05) is 0 Å². The molecule has 104 valence electrons. The van der Waals surface area contributed by atoms with Crippen LogP contribution in [-0.2, 0) is 4.79 Å². The van der Waals surface area contributed by atoms with Crippen molar-refractivity contribution in [3.8, 4) is 5.75 Å². The van der Waals surface area contributed by atoms with Crippen molar-refractivity contribution in [3.63, 3.8) is 0 Å². The molecule has 1 aromatic carbocycles. The monoisotopic (exact) mass is 296 g/mol. The minimum atomic E-state index is -1.83. The molecule has 0 radical (unpaired) electrons. The van der Waals surface area contributed by atoms with Crippen LogP contribution in [0.2, 0.25) is 18.1 Å². The molecule has 19 heavy (non-hydrogen) atoms. The van der Waals surface area contributed by atoms with Gasteiger partial charge in [-0.2, -0.15) is 0 Å². The van der Waals surface area contributed by atoms with Gasteiger partial charge in [-0.05, 0) is 53.5 Å². The number of carbonyl (C=O) groups excluding carboxylic acids is 1. The lowest BCUT2D eigenvalue weighted by Crippen LogP contribution is -2.43. The summed E-state index contributed by atoms with van der Waals surface area (Å²) < 4.78 is 6.20. The molecule has 0 unspecified atom stereocenters. The largest absolute Gasteiger partial charge is 0.543 e. The fourth-order valence-electron chi connectivity index (χ4n) is 1.29. The molecule has 0 spiro atoms. The molecule has 0 aromatic heterocycles. The van der Waals surface area contributed by atoms with E-state index in [1.54, 1.807) is 6.08 Å². The van der Waals surface area contributed by atoms with Gasteiger partial charge in [-0.15, -0.1) is 0 Å². The maximum Gasteiger partial charge on any atom is 0.250 e. The summed E-state index contributed by atoms with van der Waals surface area (Å²) in [4.78, 5) is 10.7. The average Bonchev–Trinajstić information content (AvgIpc) is 2.24. The van der Waals surface area contributed by atoms with Crippen LogP contribution < -0.4 is 4.43 Å². The van der Waals surface area contributed by atoms with Gasteiger partial charge < -0.3 is 4.43 Å². The number of hydrogen-bond donors (Lipinski definition) is 0. The Hall–Kier alpha value is -1.06. The summed E-state index contributed by atoms with van der Waals surface area (Å²) in [5.74, 6) is 0.843. The number of carbonyl (C=O) groups is 1. The predicted molar refractivity (Wildman–Crippen MR) is 84.2 cm³/mol. The van der Waals surface area contributed by atoms with E-state index in [1.807, 2.05) is 24.3 Å². The molecule has 0 saturated carbocycles. The lowest BCUT2D eigenvalue weighted by atomic mass is 10.2. The van der Waals surface area contributed by atoms with Gasteiger partial charge in [0.1, 0.15) is 5.75 Å². The van der Waals surface area contributed by atoms with Crippen molar-refractivity contribution >= 4 is 31.2 Å². The van der Waals surface area contributed by atoms with Gasteiger partial charge in [0.15, 0.2) is 0 Å². The van der Waals surface area contributed by atoms with Gasteiger partial charge in [0, 0.05) is 0 Å². The minimum Gasteiger partial charge on any atom is -0.543 e. The van der Waals surface area contributed by atoms with Crippen molar-refractivity contribution < 1.29 is 9.22 Å². The van der Waals surface area contributed by atoms with Gasteiger partial charge >= 0.3 is 0 Å². The Morgan fingerprint density at radius 3 is 2.47 bits per heavy atom. The topological polar surface area (TPSA) is 26.3 Å². The first-order valence-corrected chi connectivity index (χ1v) is 9.57. The van der Waals surface area contributed by atoms with Gasteiger partial charge in [-0.25, -0.2) is 0 Å². The molecular weight excluding hydrogens is 276 g/mol. The molecule has 0 aliphatic rings. The molecule has 1 aromatic rings. The Morgan fingerprint density at radius 2 is 1.95 bits per heavy atom. The van der Waals surface area contributed by atoms with E-state index in [2.05, 4.69) is 33.9 Å². The van der Waals surface area contributed by atoms with Crippen LogP contribution in [0.1, 0.15) is 26.3 Å². The Bertz CT molecular complexity index is 487. The molecule has 0 heterocycles. The highest BCUT2D eigenvalue weighted by Gasteiger charge is 2.38. The molecule has 4 heteroatoms.